The number of hydrogen-bond donors (Lipinski definition) is 1. The monoisotopic (exact) mass is 425 g/mol. The number of para-hydroxylation sites is 1. The van der Waals surface area contributed by atoms with Crippen molar-refractivity contribution in [3.63, 3.8) is 0 Å². The number of nitrogens with one attached hydrogen (secondary N) is 1. The van der Waals surface area contributed by atoms with Gasteiger partial charge in [-0.05, 0) is 36.4 Å². The molecule has 0 saturated carbocycles. The first kappa shape index (κ1) is 19.7. The minimum atomic E-state index is 0.649. The van der Waals surface area contributed by atoms with E-state index in [2.05, 4.69) is 39.6 Å². The third-order valence-corrected chi connectivity index (χ3v) is 5.40. The maximum absolute atomic E-state index is 5.40. The molecule has 0 amide bonds. The second kappa shape index (κ2) is 8.11. The van der Waals surface area contributed by atoms with Crippen molar-refractivity contribution < 1.29 is 9.47 Å². The molecule has 0 radical (unpaired) electrons. The molecule has 160 valence electrons. The van der Waals surface area contributed by atoms with E-state index < -0.39 is 0 Å². The van der Waals surface area contributed by atoms with E-state index in [0.29, 0.717) is 23.9 Å². The van der Waals surface area contributed by atoms with E-state index in [4.69, 9.17) is 14.6 Å². The molecular weight excluding hydrogens is 402 g/mol. The highest BCUT2D eigenvalue weighted by molar-refractivity contribution is 5.86. The summed E-state index contributed by atoms with van der Waals surface area (Å²) in [5.74, 6) is 2.01. The highest BCUT2D eigenvalue weighted by atomic mass is 16.5. The molecule has 0 unspecified atom stereocenters. The zero-order chi connectivity index (χ0) is 22.1. The highest BCUT2D eigenvalue weighted by Gasteiger charge is 2.15. The minimum absolute atomic E-state index is 0.649. The fourth-order valence-electron chi connectivity index (χ4n) is 3.92. The summed E-state index contributed by atoms with van der Waals surface area (Å²) >= 11 is 0. The molecule has 7 nitrogen and oxygen atoms in total. The topological polar surface area (TPSA) is 65.6 Å². The molecule has 0 aliphatic carbocycles. The summed E-state index contributed by atoms with van der Waals surface area (Å²) in [4.78, 5) is 4.56. The molecule has 0 spiro atoms. The zero-order valence-corrected chi connectivity index (χ0v) is 17.9. The van der Waals surface area contributed by atoms with Crippen LogP contribution in [0, 0.1) is 0 Å². The van der Waals surface area contributed by atoms with Crippen molar-refractivity contribution >= 4 is 28.1 Å². The summed E-state index contributed by atoms with van der Waals surface area (Å²) in [6.07, 6.45) is 3.76. The van der Waals surface area contributed by atoms with Gasteiger partial charge in [0.1, 0.15) is 5.69 Å². The third kappa shape index (κ3) is 3.33. The Labute approximate surface area is 185 Å². The number of nitrogens with zero attached hydrogens (tertiary/aromatic N) is 4. The largest absolute Gasteiger partial charge is 0.493 e. The first-order chi connectivity index (χ1) is 15.7. The summed E-state index contributed by atoms with van der Waals surface area (Å²) in [5, 5.41) is 9.31. The molecule has 3 aromatic heterocycles. The maximum atomic E-state index is 5.40. The number of allylic oxidation sites excluding steroid dienone is 1. The molecule has 0 aliphatic heterocycles. The van der Waals surface area contributed by atoms with E-state index >= 15 is 0 Å². The second-order valence-electron chi connectivity index (χ2n) is 7.31. The van der Waals surface area contributed by atoms with E-state index in [-0.39, 0.29) is 0 Å². The van der Waals surface area contributed by atoms with Crippen LogP contribution in [0.5, 0.6) is 11.5 Å². The van der Waals surface area contributed by atoms with Crippen molar-refractivity contribution in [1.82, 2.24) is 19.2 Å². The Morgan fingerprint density at radius 2 is 1.81 bits per heavy atom. The third-order valence-electron chi connectivity index (χ3n) is 5.40. The smallest absolute Gasteiger partial charge is 0.162 e. The fourth-order valence-corrected chi connectivity index (χ4v) is 3.92. The predicted octanol–water partition coefficient (Wildman–Crippen LogP) is 5.30. The van der Waals surface area contributed by atoms with E-state index in [1.807, 2.05) is 59.3 Å². The van der Waals surface area contributed by atoms with Gasteiger partial charge in [0.2, 0.25) is 0 Å². The van der Waals surface area contributed by atoms with Crippen molar-refractivity contribution in [1.29, 1.82) is 0 Å². The van der Waals surface area contributed by atoms with Crippen LogP contribution in [-0.2, 0) is 6.54 Å². The lowest BCUT2D eigenvalue weighted by molar-refractivity contribution is 0.355. The van der Waals surface area contributed by atoms with Gasteiger partial charge in [0.15, 0.2) is 23.0 Å². The lowest BCUT2D eigenvalue weighted by atomic mass is 10.2. The number of benzene rings is 2. The van der Waals surface area contributed by atoms with E-state index in [9.17, 15) is 0 Å². The first-order valence-corrected chi connectivity index (χ1v) is 10.2. The van der Waals surface area contributed by atoms with Gasteiger partial charge in [0.05, 0.1) is 26.1 Å². The number of imidazole rings is 1. The quantitative estimate of drug-likeness (QED) is 0.359. The number of hydrogen-bond acceptors (Lipinski definition) is 5. The van der Waals surface area contributed by atoms with Gasteiger partial charge in [-0.25, -0.2) is 9.50 Å². The second-order valence-corrected chi connectivity index (χ2v) is 7.31. The molecule has 5 aromatic rings. The Kier molecular flexibility index (Phi) is 4.99. The van der Waals surface area contributed by atoms with Gasteiger partial charge in [0, 0.05) is 29.2 Å². The minimum Gasteiger partial charge on any atom is -0.493 e. The van der Waals surface area contributed by atoms with Crippen molar-refractivity contribution in [3.05, 3.63) is 79.5 Å². The molecule has 0 atom stereocenters. The number of aromatic nitrogens is 4. The van der Waals surface area contributed by atoms with Crippen molar-refractivity contribution in [2.24, 2.45) is 0 Å². The molecule has 5 rings (SSSR count). The molecule has 32 heavy (non-hydrogen) atoms. The molecule has 0 saturated heterocycles. The van der Waals surface area contributed by atoms with Crippen molar-refractivity contribution in [2.75, 3.05) is 19.5 Å². The zero-order valence-electron chi connectivity index (χ0n) is 17.9. The van der Waals surface area contributed by atoms with E-state index in [1.165, 1.54) is 5.39 Å². The normalized spacial score (nSPS) is 11.1. The van der Waals surface area contributed by atoms with Gasteiger partial charge in [-0.3, -0.25) is 0 Å². The molecular formula is C25H23N5O2. The van der Waals surface area contributed by atoms with Gasteiger partial charge >= 0.3 is 0 Å². The van der Waals surface area contributed by atoms with Gasteiger partial charge in [-0.2, -0.15) is 0 Å². The van der Waals surface area contributed by atoms with Crippen LogP contribution in [0.4, 0.5) is 11.5 Å². The summed E-state index contributed by atoms with van der Waals surface area (Å²) in [5.41, 5.74) is 4.71. The first-order valence-electron chi connectivity index (χ1n) is 10.2. The summed E-state index contributed by atoms with van der Waals surface area (Å²) in [7, 11) is 3.23. The average Bonchev–Trinajstić information content (AvgIpc) is 3.40. The Morgan fingerprint density at radius 3 is 2.62 bits per heavy atom. The van der Waals surface area contributed by atoms with Crippen LogP contribution in [-0.4, -0.2) is 33.4 Å². The maximum Gasteiger partial charge on any atom is 0.162 e. The average molecular weight is 425 g/mol. The Morgan fingerprint density at radius 1 is 0.969 bits per heavy atom. The highest BCUT2D eigenvalue weighted by Crippen LogP contribution is 2.32. The number of ether oxygens (including phenoxy) is 2. The van der Waals surface area contributed by atoms with Gasteiger partial charge in [0.25, 0.3) is 0 Å². The van der Waals surface area contributed by atoms with Crippen molar-refractivity contribution in [2.45, 2.75) is 6.54 Å². The van der Waals surface area contributed by atoms with Crippen LogP contribution in [0.3, 0.4) is 0 Å². The predicted molar refractivity (Wildman–Crippen MR) is 127 cm³/mol. The van der Waals surface area contributed by atoms with Gasteiger partial charge in [-0.1, -0.05) is 24.3 Å². The molecule has 3 heterocycles. The number of anilines is 2. The van der Waals surface area contributed by atoms with Gasteiger partial charge < -0.3 is 19.4 Å². The standard InChI is InChI=1S/C25H23N5O2/c1-4-13-29-19-8-6-5-7-17(19)14-20(29)21-16-26-25-12-11-24(28-30(21)25)27-18-9-10-22(31-2)23(15-18)32-3/h4-12,14-16H,1,13H2,2-3H3,(H,27,28). The number of rotatable bonds is 7. The van der Waals surface area contributed by atoms with E-state index in [1.54, 1.807) is 14.2 Å². The van der Waals surface area contributed by atoms with Crippen LogP contribution in [0.15, 0.2) is 79.5 Å². The number of fused-ring (bicyclic) bond motifs is 2. The summed E-state index contributed by atoms with van der Waals surface area (Å²) in [6.45, 7) is 4.62. The lowest BCUT2D eigenvalue weighted by Gasteiger charge is -2.11. The fraction of sp³-hybridized carbons (Fsp3) is 0.120. The molecule has 0 aliphatic rings. The number of methoxy groups -OCH3 is 2. The molecule has 0 bridgehead atoms. The molecule has 7 heteroatoms. The molecule has 0 fully saturated rings. The SMILES string of the molecule is C=CCn1c(-c2cnc3ccc(Nc4ccc(OC)c(OC)c4)nn23)cc2ccccc21. The lowest BCUT2D eigenvalue weighted by Crippen LogP contribution is -2.03. The Balaban J connectivity index is 1.58. The van der Waals surface area contributed by atoms with Crippen LogP contribution >= 0.6 is 0 Å². The summed E-state index contributed by atoms with van der Waals surface area (Å²) in [6, 6.07) is 20.0. The van der Waals surface area contributed by atoms with Crippen LogP contribution in [0.1, 0.15) is 0 Å². The molecule has 1 N–H and O–H groups in total. The van der Waals surface area contributed by atoms with Crippen LogP contribution in [0.2, 0.25) is 0 Å². The van der Waals surface area contributed by atoms with Crippen LogP contribution in [0.25, 0.3) is 27.9 Å². The molecule has 2 aromatic carbocycles. The Hall–Kier alpha value is -4.26. The van der Waals surface area contributed by atoms with E-state index in [0.717, 1.165) is 28.2 Å². The van der Waals surface area contributed by atoms with Crippen LogP contribution < -0.4 is 14.8 Å². The van der Waals surface area contributed by atoms with Gasteiger partial charge in [-0.15, -0.1) is 11.7 Å². The van der Waals surface area contributed by atoms with Crippen molar-refractivity contribution in [3.8, 4) is 22.9 Å². The summed E-state index contributed by atoms with van der Waals surface area (Å²) < 4.78 is 14.8. The Bertz CT molecular complexity index is 1430.